The van der Waals surface area contributed by atoms with Gasteiger partial charge in [0.15, 0.2) is 6.19 Å². The van der Waals surface area contributed by atoms with Gasteiger partial charge in [0.05, 0.1) is 6.04 Å². The number of carbonyl (C=O) groups excluding carboxylic acids is 1. The monoisotopic (exact) mass is 376 g/mol. The molecule has 0 aromatic heterocycles. The molecule has 2 atom stereocenters. The van der Waals surface area contributed by atoms with Crippen molar-refractivity contribution in [1.29, 1.82) is 5.26 Å². The van der Waals surface area contributed by atoms with Crippen LogP contribution in [0.2, 0.25) is 0 Å². The standard InChI is InChI=1S/C22H40N4O/c1-2-10-19(20-11-7-5-3-4-6-8-12-20)13-9-15-24-22(27)25-21-14-16-26(17-21)18-23/h19-21H,2-17H2,1H3,(H2,24,25,27)/t19?,21-/m1/s1. The third-order valence-corrected chi connectivity index (χ3v) is 6.43. The second-order valence-electron chi connectivity index (χ2n) is 8.58. The largest absolute Gasteiger partial charge is 0.338 e. The molecule has 1 saturated heterocycles. The molecule has 1 saturated carbocycles. The fourth-order valence-corrected chi connectivity index (χ4v) is 4.89. The van der Waals surface area contributed by atoms with Crippen molar-refractivity contribution in [2.24, 2.45) is 11.8 Å². The third kappa shape index (κ3) is 8.41. The van der Waals surface area contributed by atoms with Crippen LogP contribution in [0.4, 0.5) is 4.79 Å². The predicted molar refractivity (Wildman–Crippen MR) is 110 cm³/mol. The molecule has 1 heterocycles. The number of amides is 2. The van der Waals surface area contributed by atoms with Gasteiger partial charge in [-0.05, 0) is 31.1 Å². The van der Waals surface area contributed by atoms with Gasteiger partial charge in [0.1, 0.15) is 0 Å². The van der Waals surface area contributed by atoms with Gasteiger partial charge in [-0.1, -0.05) is 71.1 Å². The highest BCUT2D eigenvalue weighted by molar-refractivity contribution is 5.74. The van der Waals surface area contributed by atoms with Crippen LogP contribution in [0.5, 0.6) is 0 Å². The van der Waals surface area contributed by atoms with E-state index >= 15 is 0 Å². The molecule has 2 aliphatic rings. The Morgan fingerprint density at radius 1 is 1.11 bits per heavy atom. The number of hydrogen-bond acceptors (Lipinski definition) is 3. The zero-order valence-corrected chi connectivity index (χ0v) is 17.3. The van der Waals surface area contributed by atoms with Crippen LogP contribution >= 0.6 is 0 Å². The maximum Gasteiger partial charge on any atom is 0.315 e. The second-order valence-corrected chi connectivity index (χ2v) is 8.58. The SMILES string of the molecule is CCCC(CCCNC(=O)N[C@@H]1CCN(C#N)C1)C1CCCCCCCC1. The quantitative estimate of drug-likeness (QED) is 0.473. The molecule has 0 aromatic carbocycles. The van der Waals surface area contributed by atoms with E-state index in [9.17, 15) is 4.79 Å². The molecule has 2 N–H and O–H groups in total. The number of urea groups is 1. The molecule has 1 aliphatic heterocycles. The van der Waals surface area contributed by atoms with E-state index in [-0.39, 0.29) is 12.1 Å². The van der Waals surface area contributed by atoms with E-state index in [2.05, 4.69) is 23.8 Å². The van der Waals surface area contributed by atoms with Crippen LogP contribution in [0.3, 0.4) is 0 Å². The van der Waals surface area contributed by atoms with Crippen LogP contribution in [0.25, 0.3) is 0 Å². The summed E-state index contributed by atoms with van der Waals surface area (Å²) in [6, 6.07) is 0.0330. The van der Waals surface area contributed by atoms with Gasteiger partial charge in [-0.15, -0.1) is 0 Å². The van der Waals surface area contributed by atoms with E-state index in [0.29, 0.717) is 6.54 Å². The van der Waals surface area contributed by atoms with Gasteiger partial charge in [-0.25, -0.2) is 4.79 Å². The molecule has 1 aliphatic carbocycles. The normalized spacial score (nSPS) is 23.0. The molecule has 2 rings (SSSR count). The highest BCUT2D eigenvalue weighted by Crippen LogP contribution is 2.33. The van der Waals surface area contributed by atoms with Crippen LogP contribution in [0, 0.1) is 23.3 Å². The Bertz CT molecular complexity index is 452. The Kier molecular flexibility index (Phi) is 10.4. The van der Waals surface area contributed by atoms with Gasteiger partial charge in [-0.3, -0.25) is 0 Å². The van der Waals surface area contributed by atoms with E-state index in [1.165, 1.54) is 70.6 Å². The smallest absolute Gasteiger partial charge is 0.315 e. The first kappa shape index (κ1) is 21.9. The third-order valence-electron chi connectivity index (χ3n) is 6.43. The van der Waals surface area contributed by atoms with Crippen LogP contribution in [0.1, 0.15) is 90.4 Å². The Balaban J connectivity index is 1.65. The summed E-state index contributed by atoms with van der Waals surface area (Å²) < 4.78 is 0. The van der Waals surface area contributed by atoms with Crippen molar-refractivity contribution >= 4 is 6.03 Å². The first-order valence-corrected chi connectivity index (χ1v) is 11.4. The maximum atomic E-state index is 12.1. The number of likely N-dealkylation sites (tertiary alicyclic amines) is 1. The van der Waals surface area contributed by atoms with E-state index < -0.39 is 0 Å². The van der Waals surface area contributed by atoms with Crippen molar-refractivity contribution in [3.8, 4) is 6.19 Å². The van der Waals surface area contributed by atoms with Gasteiger partial charge in [0.25, 0.3) is 0 Å². The van der Waals surface area contributed by atoms with Crippen molar-refractivity contribution in [1.82, 2.24) is 15.5 Å². The fraction of sp³-hybridized carbons (Fsp3) is 0.909. The maximum absolute atomic E-state index is 12.1. The number of rotatable bonds is 8. The number of carbonyl (C=O) groups is 1. The summed E-state index contributed by atoms with van der Waals surface area (Å²) in [6.45, 7) is 4.46. The van der Waals surface area contributed by atoms with Crippen molar-refractivity contribution in [2.75, 3.05) is 19.6 Å². The first-order chi connectivity index (χ1) is 13.2. The highest BCUT2D eigenvalue weighted by Gasteiger charge is 2.23. The first-order valence-electron chi connectivity index (χ1n) is 11.4. The summed E-state index contributed by atoms with van der Waals surface area (Å²) in [4.78, 5) is 13.8. The molecular weight excluding hydrogens is 336 g/mol. The molecule has 0 radical (unpaired) electrons. The van der Waals surface area contributed by atoms with Crippen molar-refractivity contribution in [2.45, 2.75) is 96.4 Å². The Morgan fingerprint density at radius 3 is 2.44 bits per heavy atom. The Hall–Kier alpha value is -1.44. The van der Waals surface area contributed by atoms with Crippen molar-refractivity contribution in [3.63, 3.8) is 0 Å². The highest BCUT2D eigenvalue weighted by atomic mass is 16.2. The summed E-state index contributed by atoms with van der Waals surface area (Å²) in [5.41, 5.74) is 0. The van der Waals surface area contributed by atoms with Gasteiger partial charge in [-0.2, -0.15) is 5.26 Å². The molecule has 5 nitrogen and oxygen atoms in total. The molecule has 27 heavy (non-hydrogen) atoms. The molecule has 154 valence electrons. The van der Waals surface area contributed by atoms with Gasteiger partial charge in [0, 0.05) is 19.6 Å². The topological polar surface area (TPSA) is 68.2 Å². The molecular formula is C22H40N4O. The summed E-state index contributed by atoms with van der Waals surface area (Å²) in [7, 11) is 0. The average Bonchev–Trinajstić information content (AvgIpc) is 3.16. The van der Waals surface area contributed by atoms with Gasteiger partial charge < -0.3 is 15.5 Å². The summed E-state index contributed by atoms with van der Waals surface area (Å²) in [5.74, 6) is 1.73. The lowest BCUT2D eigenvalue weighted by Gasteiger charge is -2.27. The van der Waals surface area contributed by atoms with E-state index in [4.69, 9.17) is 5.26 Å². The van der Waals surface area contributed by atoms with Crippen LogP contribution < -0.4 is 10.6 Å². The summed E-state index contributed by atoms with van der Waals surface area (Å²) in [6.07, 6.45) is 19.3. The molecule has 0 spiro atoms. The number of nitrogens with one attached hydrogen (secondary N) is 2. The van der Waals surface area contributed by atoms with Crippen LogP contribution in [-0.4, -0.2) is 36.6 Å². The van der Waals surface area contributed by atoms with Crippen molar-refractivity contribution < 1.29 is 4.79 Å². The lowest BCUT2D eigenvalue weighted by atomic mass is 9.79. The molecule has 1 unspecified atom stereocenters. The van der Waals surface area contributed by atoms with E-state index in [0.717, 1.165) is 37.8 Å². The molecule has 2 amide bonds. The molecule has 5 heteroatoms. The fourth-order valence-electron chi connectivity index (χ4n) is 4.89. The number of nitriles is 1. The average molecular weight is 377 g/mol. The Morgan fingerprint density at radius 2 is 1.81 bits per heavy atom. The lowest BCUT2D eigenvalue weighted by molar-refractivity contribution is 0.232. The van der Waals surface area contributed by atoms with Gasteiger partial charge >= 0.3 is 6.03 Å². The van der Waals surface area contributed by atoms with E-state index in [1.807, 2.05) is 0 Å². The Labute approximate surface area is 166 Å². The van der Waals surface area contributed by atoms with Crippen LogP contribution in [0.15, 0.2) is 0 Å². The zero-order chi connectivity index (χ0) is 19.3. The number of nitrogens with zero attached hydrogens (tertiary/aromatic N) is 2. The number of hydrogen-bond donors (Lipinski definition) is 2. The minimum Gasteiger partial charge on any atom is -0.338 e. The zero-order valence-electron chi connectivity index (χ0n) is 17.3. The summed E-state index contributed by atoms with van der Waals surface area (Å²) in [5, 5.41) is 14.9. The molecule has 0 aromatic rings. The van der Waals surface area contributed by atoms with Crippen LogP contribution in [-0.2, 0) is 0 Å². The minimum atomic E-state index is -0.0747. The summed E-state index contributed by atoms with van der Waals surface area (Å²) >= 11 is 0. The second kappa shape index (κ2) is 12.9. The molecule has 0 bridgehead atoms. The molecule has 2 fully saturated rings. The van der Waals surface area contributed by atoms with Gasteiger partial charge in [0.2, 0.25) is 0 Å². The van der Waals surface area contributed by atoms with E-state index in [1.54, 1.807) is 4.90 Å². The lowest BCUT2D eigenvalue weighted by Crippen LogP contribution is -2.43. The van der Waals surface area contributed by atoms with Crippen molar-refractivity contribution in [3.05, 3.63) is 0 Å². The minimum absolute atomic E-state index is 0.0747. The predicted octanol–water partition coefficient (Wildman–Crippen LogP) is 4.79.